The SMILES string of the molecule is CCCC[C@](C)(CNC(C)=O)Nc1nc(N)nc2cc(NC34CC(C3)C4)cnc12. The first-order valence-corrected chi connectivity index (χ1v) is 10.5. The number of nitrogen functional groups attached to an aromatic ring is 1. The first kappa shape index (κ1) is 19.7. The quantitative estimate of drug-likeness (QED) is 0.513. The highest BCUT2D eigenvalue weighted by Gasteiger charge is 2.56. The second-order valence-electron chi connectivity index (χ2n) is 9.10. The molecule has 2 bridgehead atoms. The molecule has 2 heterocycles. The first-order valence-electron chi connectivity index (χ1n) is 10.5. The number of carbonyl (C=O) groups excluding carboxylic acids is 1. The van der Waals surface area contributed by atoms with Gasteiger partial charge in [0, 0.05) is 19.0 Å². The number of aromatic nitrogens is 3. The summed E-state index contributed by atoms with van der Waals surface area (Å²) < 4.78 is 0. The van der Waals surface area contributed by atoms with Gasteiger partial charge in [-0.1, -0.05) is 19.8 Å². The number of nitrogens with zero attached hydrogens (tertiary/aromatic N) is 3. The number of unbranched alkanes of at least 4 members (excludes halogenated alkanes) is 1. The Bertz CT molecular complexity index is 914. The number of hydrogen-bond acceptors (Lipinski definition) is 7. The Labute approximate surface area is 171 Å². The van der Waals surface area contributed by atoms with Crippen LogP contribution in [0.1, 0.15) is 59.3 Å². The minimum atomic E-state index is -0.361. The van der Waals surface area contributed by atoms with Crippen LogP contribution in [0.25, 0.3) is 11.0 Å². The topological polar surface area (TPSA) is 118 Å². The highest BCUT2D eigenvalue weighted by Crippen LogP contribution is 2.58. The molecule has 8 heteroatoms. The van der Waals surface area contributed by atoms with Crippen molar-refractivity contribution in [1.29, 1.82) is 0 Å². The average molecular weight is 398 g/mol. The lowest BCUT2D eigenvalue weighted by molar-refractivity contribution is -0.119. The summed E-state index contributed by atoms with van der Waals surface area (Å²) in [5, 5.41) is 10.1. The Morgan fingerprint density at radius 2 is 2.10 bits per heavy atom. The molecule has 0 aliphatic heterocycles. The van der Waals surface area contributed by atoms with Crippen LogP contribution < -0.4 is 21.7 Å². The average Bonchev–Trinajstić information content (AvgIpc) is 2.60. The van der Waals surface area contributed by atoms with E-state index in [1.807, 2.05) is 12.3 Å². The van der Waals surface area contributed by atoms with Gasteiger partial charge in [-0.2, -0.15) is 4.98 Å². The molecular formula is C21H31N7O. The van der Waals surface area contributed by atoms with Crippen molar-refractivity contribution in [2.45, 2.75) is 70.4 Å². The molecule has 0 aromatic carbocycles. The smallest absolute Gasteiger partial charge is 0.222 e. The van der Waals surface area contributed by atoms with Crippen LogP contribution in [0.4, 0.5) is 17.5 Å². The number of amides is 1. The summed E-state index contributed by atoms with van der Waals surface area (Å²) >= 11 is 0. The van der Waals surface area contributed by atoms with Gasteiger partial charge < -0.3 is 21.7 Å². The predicted octanol–water partition coefficient (Wildman–Crippen LogP) is 3.07. The van der Waals surface area contributed by atoms with E-state index in [0.717, 1.165) is 30.9 Å². The van der Waals surface area contributed by atoms with Crippen molar-refractivity contribution in [2.75, 3.05) is 22.9 Å². The normalized spacial score (nSPS) is 24.2. The highest BCUT2D eigenvalue weighted by atomic mass is 16.1. The number of pyridine rings is 1. The fourth-order valence-corrected chi connectivity index (χ4v) is 4.50. The van der Waals surface area contributed by atoms with Crippen LogP contribution in [0.5, 0.6) is 0 Å². The number of carbonyl (C=O) groups is 1. The third-order valence-electron chi connectivity index (χ3n) is 6.23. The Morgan fingerprint density at radius 3 is 2.72 bits per heavy atom. The molecule has 5 rings (SSSR count). The molecule has 1 amide bonds. The fraction of sp³-hybridized carbons (Fsp3) is 0.619. The maximum absolute atomic E-state index is 11.5. The van der Waals surface area contributed by atoms with Gasteiger partial charge in [-0.05, 0) is 44.6 Å². The Kier molecular flexibility index (Phi) is 4.96. The predicted molar refractivity (Wildman–Crippen MR) is 116 cm³/mol. The van der Waals surface area contributed by atoms with Gasteiger partial charge in [-0.25, -0.2) is 9.97 Å². The third kappa shape index (κ3) is 4.06. The molecule has 8 nitrogen and oxygen atoms in total. The zero-order valence-electron chi connectivity index (χ0n) is 17.5. The number of rotatable bonds is 9. The van der Waals surface area contributed by atoms with E-state index >= 15 is 0 Å². The lowest BCUT2D eigenvalue weighted by Crippen LogP contribution is -2.63. The van der Waals surface area contributed by atoms with Crippen LogP contribution in [0.15, 0.2) is 12.3 Å². The number of hydrogen-bond donors (Lipinski definition) is 4. The van der Waals surface area contributed by atoms with Crippen molar-refractivity contribution in [1.82, 2.24) is 20.3 Å². The molecule has 1 atom stereocenters. The number of anilines is 3. The van der Waals surface area contributed by atoms with Gasteiger partial charge in [0.25, 0.3) is 0 Å². The molecule has 156 valence electrons. The maximum atomic E-state index is 11.5. The van der Waals surface area contributed by atoms with E-state index in [1.54, 1.807) is 0 Å². The van der Waals surface area contributed by atoms with E-state index in [9.17, 15) is 4.79 Å². The Balaban J connectivity index is 1.59. The van der Waals surface area contributed by atoms with Gasteiger partial charge in [-0.15, -0.1) is 0 Å². The van der Waals surface area contributed by atoms with Crippen LogP contribution >= 0.6 is 0 Å². The van der Waals surface area contributed by atoms with Gasteiger partial charge in [0.05, 0.1) is 22.9 Å². The minimum Gasteiger partial charge on any atom is -0.378 e. The van der Waals surface area contributed by atoms with Crippen LogP contribution in [-0.4, -0.2) is 38.5 Å². The number of nitrogens with one attached hydrogen (secondary N) is 3. The zero-order chi connectivity index (χ0) is 20.6. The lowest BCUT2D eigenvalue weighted by atomic mass is 9.50. The second kappa shape index (κ2) is 7.31. The summed E-state index contributed by atoms with van der Waals surface area (Å²) in [6, 6.07) is 2.00. The fourth-order valence-electron chi connectivity index (χ4n) is 4.50. The van der Waals surface area contributed by atoms with Crippen molar-refractivity contribution in [3.63, 3.8) is 0 Å². The molecule has 0 unspecified atom stereocenters. The summed E-state index contributed by atoms with van der Waals surface area (Å²) in [7, 11) is 0. The van der Waals surface area contributed by atoms with E-state index in [1.165, 1.54) is 26.2 Å². The lowest BCUT2D eigenvalue weighted by Gasteiger charge is -2.62. The van der Waals surface area contributed by atoms with Gasteiger partial charge >= 0.3 is 0 Å². The summed E-state index contributed by atoms with van der Waals surface area (Å²) in [5.41, 5.74) is 8.30. The third-order valence-corrected chi connectivity index (χ3v) is 6.23. The molecule has 2 aromatic heterocycles. The molecule has 29 heavy (non-hydrogen) atoms. The Morgan fingerprint density at radius 1 is 1.34 bits per heavy atom. The number of fused-ring (bicyclic) bond motifs is 1. The molecule has 3 aliphatic rings. The number of nitrogens with two attached hydrogens (primary N) is 1. The van der Waals surface area contributed by atoms with Gasteiger partial charge in [0.1, 0.15) is 5.52 Å². The largest absolute Gasteiger partial charge is 0.378 e. The maximum Gasteiger partial charge on any atom is 0.222 e. The first-order chi connectivity index (χ1) is 13.8. The van der Waals surface area contributed by atoms with Crippen LogP contribution in [0.2, 0.25) is 0 Å². The van der Waals surface area contributed by atoms with E-state index in [-0.39, 0.29) is 22.9 Å². The Hall–Kier alpha value is -2.64. The monoisotopic (exact) mass is 397 g/mol. The van der Waals surface area contributed by atoms with Crippen molar-refractivity contribution < 1.29 is 4.79 Å². The molecule has 2 aromatic rings. The minimum absolute atomic E-state index is 0.0518. The van der Waals surface area contributed by atoms with Crippen molar-refractivity contribution in [2.24, 2.45) is 5.92 Å². The zero-order valence-corrected chi connectivity index (χ0v) is 17.5. The summed E-state index contributed by atoms with van der Waals surface area (Å²) in [6.07, 6.45) is 8.60. The molecule has 3 saturated carbocycles. The molecular weight excluding hydrogens is 366 g/mol. The molecule has 0 saturated heterocycles. The molecule has 3 aliphatic carbocycles. The van der Waals surface area contributed by atoms with Crippen LogP contribution in [0, 0.1) is 5.92 Å². The van der Waals surface area contributed by atoms with Crippen molar-refractivity contribution in [3.8, 4) is 0 Å². The van der Waals surface area contributed by atoms with Gasteiger partial charge in [-0.3, -0.25) is 4.79 Å². The van der Waals surface area contributed by atoms with E-state index in [0.29, 0.717) is 23.4 Å². The highest BCUT2D eigenvalue weighted by molar-refractivity contribution is 5.88. The summed E-state index contributed by atoms with van der Waals surface area (Å²) in [6.45, 7) is 6.26. The van der Waals surface area contributed by atoms with E-state index in [4.69, 9.17) is 5.73 Å². The van der Waals surface area contributed by atoms with E-state index < -0.39 is 0 Å². The van der Waals surface area contributed by atoms with Gasteiger partial charge in [0.2, 0.25) is 11.9 Å². The van der Waals surface area contributed by atoms with Crippen LogP contribution in [-0.2, 0) is 4.79 Å². The van der Waals surface area contributed by atoms with E-state index in [2.05, 4.69) is 44.7 Å². The standard InChI is InChI=1S/C21H31N7O/c1-4-5-6-20(3,12-24-13(2)29)28-18-17-16(25-19(22)26-18)7-15(11-23-17)27-21-8-14(9-21)10-21/h7,11,14,27H,4-6,8-10,12H2,1-3H3,(H,24,29)(H3,22,25,26,28)/t14?,20-,21?/m1/s1. The second-order valence-corrected chi connectivity index (χ2v) is 9.10. The van der Waals surface area contributed by atoms with Crippen molar-refractivity contribution in [3.05, 3.63) is 12.3 Å². The molecule has 0 radical (unpaired) electrons. The van der Waals surface area contributed by atoms with Crippen molar-refractivity contribution >= 4 is 34.4 Å². The molecule has 0 spiro atoms. The summed E-state index contributed by atoms with van der Waals surface area (Å²) in [4.78, 5) is 24.9. The molecule has 3 fully saturated rings. The van der Waals surface area contributed by atoms with Gasteiger partial charge in [0.15, 0.2) is 5.82 Å². The van der Waals surface area contributed by atoms with Crippen LogP contribution in [0.3, 0.4) is 0 Å². The molecule has 5 N–H and O–H groups in total. The summed E-state index contributed by atoms with van der Waals surface area (Å²) in [5.74, 6) is 1.67.